The summed E-state index contributed by atoms with van der Waals surface area (Å²) in [5, 5.41) is 0. The first-order valence-electron chi connectivity index (χ1n) is 4.74. The average molecular weight is 190 g/mol. The molecule has 0 spiro atoms. The smallest absolute Gasteiger partial charge is 0.0547 e. The first-order valence-corrected chi connectivity index (χ1v) is 5.37. The van der Waals surface area contributed by atoms with Gasteiger partial charge in [-0.05, 0) is 24.5 Å². The van der Waals surface area contributed by atoms with Crippen molar-refractivity contribution in [2.24, 2.45) is 5.41 Å². The third kappa shape index (κ3) is 5.90. The third-order valence-electron chi connectivity index (χ3n) is 1.88. The SMILES string of the molecule is CCCC(C)OCC(C)(C)CS. The molecule has 1 atom stereocenters. The van der Waals surface area contributed by atoms with Crippen molar-refractivity contribution in [1.82, 2.24) is 0 Å². The molecular formula is C10H22OS. The van der Waals surface area contributed by atoms with E-state index in [1.54, 1.807) is 0 Å². The average Bonchev–Trinajstić information content (AvgIpc) is 2.02. The van der Waals surface area contributed by atoms with Crippen LogP contribution in [0, 0.1) is 5.41 Å². The van der Waals surface area contributed by atoms with Crippen molar-refractivity contribution >= 4 is 12.6 Å². The van der Waals surface area contributed by atoms with Crippen LogP contribution < -0.4 is 0 Å². The molecule has 0 aliphatic rings. The van der Waals surface area contributed by atoms with Crippen LogP contribution in [0.2, 0.25) is 0 Å². The van der Waals surface area contributed by atoms with Crippen molar-refractivity contribution in [3.05, 3.63) is 0 Å². The molecule has 0 amide bonds. The molecule has 0 aliphatic heterocycles. The molecule has 1 nitrogen and oxygen atoms in total. The van der Waals surface area contributed by atoms with Crippen molar-refractivity contribution in [2.75, 3.05) is 12.4 Å². The summed E-state index contributed by atoms with van der Waals surface area (Å²) < 4.78 is 5.69. The van der Waals surface area contributed by atoms with Crippen molar-refractivity contribution in [3.8, 4) is 0 Å². The maximum Gasteiger partial charge on any atom is 0.0547 e. The van der Waals surface area contributed by atoms with Gasteiger partial charge >= 0.3 is 0 Å². The highest BCUT2D eigenvalue weighted by atomic mass is 32.1. The lowest BCUT2D eigenvalue weighted by atomic mass is 9.98. The molecule has 0 fully saturated rings. The van der Waals surface area contributed by atoms with Crippen molar-refractivity contribution < 1.29 is 4.74 Å². The minimum Gasteiger partial charge on any atom is -0.378 e. The van der Waals surface area contributed by atoms with Gasteiger partial charge in [0, 0.05) is 0 Å². The van der Waals surface area contributed by atoms with Crippen LogP contribution in [0.15, 0.2) is 0 Å². The molecular weight excluding hydrogens is 168 g/mol. The highest BCUT2D eigenvalue weighted by molar-refractivity contribution is 7.80. The molecule has 0 aliphatic carbocycles. The van der Waals surface area contributed by atoms with E-state index in [4.69, 9.17) is 4.74 Å². The van der Waals surface area contributed by atoms with E-state index in [1.165, 1.54) is 6.42 Å². The number of thiol groups is 1. The maximum absolute atomic E-state index is 5.69. The van der Waals surface area contributed by atoms with Gasteiger partial charge in [-0.15, -0.1) is 0 Å². The molecule has 0 aromatic rings. The lowest BCUT2D eigenvalue weighted by Crippen LogP contribution is -2.24. The van der Waals surface area contributed by atoms with E-state index in [-0.39, 0.29) is 5.41 Å². The van der Waals surface area contributed by atoms with Crippen LogP contribution in [0.25, 0.3) is 0 Å². The van der Waals surface area contributed by atoms with E-state index in [2.05, 4.69) is 40.3 Å². The maximum atomic E-state index is 5.69. The Kier molecular flexibility index (Phi) is 6.02. The van der Waals surface area contributed by atoms with E-state index in [1.807, 2.05) is 0 Å². The second kappa shape index (κ2) is 5.87. The minimum atomic E-state index is 0.213. The lowest BCUT2D eigenvalue weighted by Gasteiger charge is -2.24. The topological polar surface area (TPSA) is 9.23 Å². The largest absolute Gasteiger partial charge is 0.378 e. The second-order valence-corrected chi connectivity index (χ2v) is 4.55. The summed E-state index contributed by atoms with van der Waals surface area (Å²) >= 11 is 4.28. The Morgan fingerprint density at radius 3 is 2.42 bits per heavy atom. The van der Waals surface area contributed by atoms with Crippen molar-refractivity contribution in [2.45, 2.75) is 46.6 Å². The van der Waals surface area contributed by atoms with Crippen LogP contribution in [-0.2, 0) is 4.74 Å². The summed E-state index contributed by atoms with van der Waals surface area (Å²) in [7, 11) is 0. The zero-order valence-electron chi connectivity index (χ0n) is 8.76. The number of hydrogen-bond donors (Lipinski definition) is 1. The van der Waals surface area contributed by atoms with Crippen LogP contribution in [0.5, 0.6) is 0 Å². The van der Waals surface area contributed by atoms with E-state index < -0.39 is 0 Å². The molecule has 0 rings (SSSR count). The summed E-state index contributed by atoms with van der Waals surface area (Å²) in [4.78, 5) is 0. The first-order chi connectivity index (χ1) is 5.52. The predicted octanol–water partition coefficient (Wildman–Crippen LogP) is 3.15. The van der Waals surface area contributed by atoms with Crippen LogP contribution in [0.3, 0.4) is 0 Å². The Morgan fingerprint density at radius 1 is 1.42 bits per heavy atom. The molecule has 0 saturated heterocycles. The Hall–Kier alpha value is 0.310. The summed E-state index contributed by atoms with van der Waals surface area (Å²) in [5.41, 5.74) is 0.213. The highest BCUT2D eigenvalue weighted by Crippen LogP contribution is 2.18. The Balaban J connectivity index is 3.52. The summed E-state index contributed by atoms with van der Waals surface area (Å²) in [6, 6.07) is 0. The third-order valence-corrected chi connectivity index (χ3v) is 2.74. The molecule has 12 heavy (non-hydrogen) atoms. The van der Waals surface area contributed by atoms with E-state index in [0.717, 1.165) is 18.8 Å². The van der Waals surface area contributed by atoms with Crippen LogP contribution in [0.4, 0.5) is 0 Å². The van der Waals surface area contributed by atoms with Crippen LogP contribution in [0.1, 0.15) is 40.5 Å². The Bertz CT molecular complexity index is 112. The standard InChI is InChI=1S/C10H22OS/c1-5-6-9(2)11-7-10(3,4)8-12/h9,12H,5-8H2,1-4H3. The summed E-state index contributed by atoms with van der Waals surface area (Å²) in [6.45, 7) is 9.50. The highest BCUT2D eigenvalue weighted by Gasteiger charge is 2.16. The fraction of sp³-hybridized carbons (Fsp3) is 1.00. The molecule has 0 radical (unpaired) electrons. The quantitative estimate of drug-likeness (QED) is 0.633. The summed E-state index contributed by atoms with van der Waals surface area (Å²) in [5.74, 6) is 0.881. The molecule has 0 bridgehead atoms. The van der Waals surface area contributed by atoms with Gasteiger partial charge in [0.25, 0.3) is 0 Å². The normalized spacial score (nSPS) is 14.8. The monoisotopic (exact) mass is 190 g/mol. The molecule has 74 valence electrons. The van der Waals surface area contributed by atoms with Gasteiger partial charge < -0.3 is 4.74 Å². The second-order valence-electron chi connectivity index (χ2n) is 4.23. The molecule has 0 N–H and O–H groups in total. The molecule has 1 unspecified atom stereocenters. The van der Waals surface area contributed by atoms with Gasteiger partial charge in [0.05, 0.1) is 12.7 Å². The van der Waals surface area contributed by atoms with Gasteiger partial charge in [0.1, 0.15) is 0 Å². The Labute approximate surface area is 82.3 Å². The fourth-order valence-electron chi connectivity index (χ4n) is 0.903. The van der Waals surface area contributed by atoms with E-state index in [0.29, 0.717) is 6.10 Å². The minimum absolute atomic E-state index is 0.213. The molecule has 0 heterocycles. The molecule has 2 heteroatoms. The molecule has 0 aromatic heterocycles. The van der Waals surface area contributed by atoms with E-state index in [9.17, 15) is 0 Å². The number of ether oxygens (including phenoxy) is 1. The van der Waals surface area contributed by atoms with Crippen LogP contribution in [-0.4, -0.2) is 18.5 Å². The first kappa shape index (κ1) is 12.3. The van der Waals surface area contributed by atoms with Gasteiger partial charge in [-0.1, -0.05) is 27.2 Å². The predicted molar refractivity (Wildman–Crippen MR) is 58.0 cm³/mol. The summed E-state index contributed by atoms with van der Waals surface area (Å²) in [6.07, 6.45) is 2.75. The van der Waals surface area contributed by atoms with Crippen molar-refractivity contribution in [3.63, 3.8) is 0 Å². The van der Waals surface area contributed by atoms with Gasteiger partial charge in [0.2, 0.25) is 0 Å². The van der Waals surface area contributed by atoms with Gasteiger partial charge in [-0.3, -0.25) is 0 Å². The van der Waals surface area contributed by atoms with Gasteiger partial charge in [-0.2, -0.15) is 12.6 Å². The Morgan fingerprint density at radius 2 is 2.00 bits per heavy atom. The number of hydrogen-bond acceptors (Lipinski definition) is 2. The van der Waals surface area contributed by atoms with Crippen molar-refractivity contribution in [1.29, 1.82) is 0 Å². The van der Waals surface area contributed by atoms with E-state index >= 15 is 0 Å². The zero-order valence-corrected chi connectivity index (χ0v) is 9.66. The molecule has 0 aromatic carbocycles. The lowest BCUT2D eigenvalue weighted by molar-refractivity contribution is 0.0159. The van der Waals surface area contributed by atoms with Gasteiger partial charge in [-0.25, -0.2) is 0 Å². The number of rotatable bonds is 6. The fourth-order valence-corrected chi connectivity index (χ4v) is 0.995. The molecule has 0 saturated carbocycles. The van der Waals surface area contributed by atoms with Crippen LogP contribution >= 0.6 is 12.6 Å². The van der Waals surface area contributed by atoms with Gasteiger partial charge in [0.15, 0.2) is 0 Å². The zero-order chi connectivity index (χ0) is 9.61.